The number of ether oxygens (including phenoxy) is 1. The Morgan fingerprint density at radius 3 is 2.73 bits per heavy atom. The number of nitrogens with one attached hydrogen (secondary N) is 2. The predicted molar refractivity (Wildman–Crippen MR) is 123 cm³/mol. The molecule has 182 valence electrons. The summed E-state index contributed by atoms with van der Waals surface area (Å²) < 4.78 is 34.0. The zero-order valence-corrected chi connectivity index (χ0v) is 19.7. The number of nitrogens with zero attached hydrogens (tertiary/aromatic N) is 1. The molecule has 0 bridgehead atoms. The summed E-state index contributed by atoms with van der Waals surface area (Å²) in [6.07, 6.45) is 6.47. The van der Waals surface area contributed by atoms with Crippen molar-refractivity contribution in [3.05, 3.63) is 23.8 Å². The third kappa shape index (κ3) is 6.04. The average Bonchev–Trinajstić information content (AvgIpc) is 3.21. The highest BCUT2D eigenvalue weighted by molar-refractivity contribution is 7.89. The summed E-state index contributed by atoms with van der Waals surface area (Å²) in [5.41, 5.74) is 6.79. The van der Waals surface area contributed by atoms with Crippen molar-refractivity contribution in [1.82, 2.24) is 14.9 Å². The fourth-order valence-electron chi connectivity index (χ4n) is 4.84. The lowest BCUT2D eigenvalue weighted by molar-refractivity contribution is -0.137. The molecule has 2 aliphatic heterocycles. The Morgan fingerprint density at radius 2 is 1.94 bits per heavy atom. The number of hydrogen-bond acceptors (Lipinski definition) is 6. The zero-order chi connectivity index (χ0) is 23.4. The van der Waals surface area contributed by atoms with Crippen LogP contribution in [0.15, 0.2) is 23.1 Å². The molecule has 2 heterocycles. The van der Waals surface area contributed by atoms with Crippen LogP contribution in [-0.4, -0.2) is 63.5 Å². The first-order valence-electron chi connectivity index (χ1n) is 11.9. The number of carbonyl (C=O) groups is 2. The fourth-order valence-corrected chi connectivity index (χ4v) is 6.11. The maximum atomic E-state index is 13.1. The molecule has 1 aromatic carbocycles. The topological polar surface area (TPSA) is 131 Å². The maximum Gasteiger partial charge on any atom is 0.241 e. The van der Waals surface area contributed by atoms with E-state index in [2.05, 4.69) is 10.0 Å². The van der Waals surface area contributed by atoms with Gasteiger partial charge >= 0.3 is 0 Å². The van der Waals surface area contributed by atoms with Gasteiger partial charge in [0.15, 0.2) is 0 Å². The van der Waals surface area contributed by atoms with Crippen molar-refractivity contribution in [2.75, 3.05) is 26.2 Å². The number of amides is 2. The molecule has 2 fully saturated rings. The molecule has 10 heteroatoms. The molecular formula is C23H34N4O5S. The van der Waals surface area contributed by atoms with Crippen LogP contribution >= 0.6 is 0 Å². The highest BCUT2D eigenvalue weighted by atomic mass is 32.2. The second-order valence-electron chi connectivity index (χ2n) is 9.38. The van der Waals surface area contributed by atoms with Crippen molar-refractivity contribution in [2.45, 2.75) is 68.3 Å². The molecule has 1 saturated carbocycles. The molecule has 2 amide bonds. The van der Waals surface area contributed by atoms with Gasteiger partial charge in [-0.3, -0.25) is 9.59 Å². The monoisotopic (exact) mass is 478 g/mol. The number of benzene rings is 1. The van der Waals surface area contributed by atoms with Gasteiger partial charge in [0.25, 0.3) is 0 Å². The zero-order valence-electron chi connectivity index (χ0n) is 18.9. The van der Waals surface area contributed by atoms with E-state index in [4.69, 9.17) is 10.5 Å². The quantitative estimate of drug-likeness (QED) is 0.534. The van der Waals surface area contributed by atoms with E-state index in [9.17, 15) is 18.0 Å². The molecule has 1 saturated heterocycles. The molecule has 0 aromatic heterocycles. The molecule has 1 aromatic rings. The van der Waals surface area contributed by atoms with Crippen LogP contribution in [0.3, 0.4) is 0 Å². The molecule has 0 spiro atoms. The van der Waals surface area contributed by atoms with Crippen molar-refractivity contribution in [3.8, 4) is 5.75 Å². The molecular weight excluding hydrogens is 444 g/mol. The molecule has 33 heavy (non-hydrogen) atoms. The summed E-state index contributed by atoms with van der Waals surface area (Å²) in [4.78, 5) is 27.2. The van der Waals surface area contributed by atoms with Crippen LogP contribution in [-0.2, 0) is 26.0 Å². The average molecular weight is 479 g/mol. The smallest absolute Gasteiger partial charge is 0.241 e. The summed E-state index contributed by atoms with van der Waals surface area (Å²) in [6.45, 7) is 1.52. The Bertz CT molecular complexity index is 975. The minimum atomic E-state index is -3.88. The van der Waals surface area contributed by atoms with Crippen molar-refractivity contribution in [1.29, 1.82) is 0 Å². The number of likely N-dealkylation sites (tertiary alicyclic amines) is 1. The van der Waals surface area contributed by atoms with Gasteiger partial charge in [-0.2, -0.15) is 4.72 Å². The predicted octanol–water partition coefficient (Wildman–Crippen LogP) is 0.915. The second kappa shape index (κ2) is 10.4. The molecule has 4 N–H and O–H groups in total. The van der Waals surface area contributed by atoms with Crippen LogP contribution in [0.2, 0.25) is 0 Å². The molecule has 1 atom stereocenters. The Hall–Kier alpha value is -2.17. The normalized spacial score (nSPS) is 25.8. The Balaban J connectivity index is 1.34. The molecule has 4 rings (SSSR count). The van der Waals surface area contributed by atoms with Gasteiger partial charge in [-0.15, -0.1) is 0 Å². The van der Waals surface area contributed by atoms with Gasteiger partial charge in [-0.1, -0.05) is 0 Å². The number of sulfonamides is 1. The highest BCUT2D eigenvalue weighted by Crippen LogP contribution is 2.28. The fraction of sp³-hybridized carbons (Fsp3) is 0.652. The van der Waals surface area contributed by atoms with Crippen LogP contribution in [0, 0.1) is 5.92 Å². The Morgan fingerprint density at radius 1 is 1.15 bits per heavy atom. The van der Waals surface area contributed by atoms with Crippen LogP contribution in [0.1, 0.15) is 50.5 Å². The number of hydrogen-bond donors (Lipinski definition) is 3. The lowest BCUT2D eigenvalue weighted by Crippen LogP contribution is -2.50. The molecule has 0 radical (unpaired) electrons. The van der Waals surface area contributed by atoms with Gasteiger partial charge in [0.05, 0.1) is 18.0 Å². The Labute approximate surface area is 195 Å². The molecule has 3 aliphatic rings. The summed E-state index contributed by atoms with van der Waals surface area (Å²) in [7, 11) is -3.88. The van der Waals surface area contributed by atoms with E-state index in [-0.39, 0.29) is 29.3 Å². The van der Waals surface area contributed by atoms with Crippen LogP contribution in [0.25, 0.3) is 0 Å². The minimum Gasteiger partial charge on any atom is -0.493 e. The SMILES string of the molecule is NC1CCC(CNC(=O)CN2CCCC[C@H](NS(=O)(=O)c3ccc4c(c3)CCO4)C2=O)CC1. The highest BCUT2D eigenvalue weighted by Gasteiger charge is 2.32. The van der Waals surface area contributed by atoms with E-state index in [0.717, 1.165) is 37.7 Å². The summed E-state index contributed by atoms with van der Waals surface area (Å²) in [5, 5.41) is 2.94. The van der Waals surface area contributed by atoms with Gasteiger partial charge in [0, 0.05) is 25.6 Å². The second-order valence-corrected chi connectivity index (χ2v) is 11.1. The largest absolute Gasteiger partial charge is 0.493 e. The van der Waals surface area contributed by atoms with E-state index in [1.54, 1.807) is 12.1 Å². The number of nitrogens with two attached hydrogens (primary N) is 1. The van der Waals surface area contributed by atoms with E-state index in [1.165, 1.54) is 11.0 Å². The van der Waals surface area contributed by atoms with Crippen molar-refractivity contribution < 1.29 is 22.7 Å². The minimum absolute atomic E-state index is 0.0561. The van der Waals surface area contributed by atoms with E-state index >= 15 is 0 Å². The van der Waals surface area contributed by atoms with Gasteiger partial charge in [0.1, 0.15) is 11.8 Å². The number of carbonyl (C=O) groups excluding carboxylic acids is 2. The lowest BCUT2D eigenvalue weighted by Gasteiger charge is -2.27. The summed E-state index contributed by atoms with van der Waals surface area (Å²) in [6, 6.07) is 4.14. The van der Waals surface area contributed by atoms with Gasteiger partial charge in [-0.25, -0.2) is 8.42 Å². The number of rotatable bonds is 7. The van der Waals surface area contributed by atoms with Gasteiger partial charge in [0.2, 0.25) is 21.8 Å². The third-order valence-electron chi connectivity index (χ3n) is 6.86. The van der Waals surface area contributed by atoms with Gasteiger partial charge in [-0.05, 0) is 74.6 Å². The Kier molecular flexibility index (Phi) is 7.55. The third-order valence-corrected chi connectivity index (χ3v) is 8.33. The van der Waals surface area contributed by atoms with E-state index in [0.29, 0.717) is 50.6 Å². The van der Waals surface area contributed by atoms with Crippen LogP contribution in [0.5, 0.6) is 5.75 Å². The summed E-state index contributed by atoms with van der Waals surface area (Å²) in [5.74, 6) is 0.568. The molecule has 1 aliphatic carbocycles. The van der Waals surface area contributed by atoms with Crippen molar-refractivity contribution in [2.24, 2.45) is 11.7 Å². The van der Waals surface area contributed by atoms with Crippen LogP contribution in [0.4, 0.5) is 0 Å². The molecule has 0 unspecified atom stereocenters. The first-order valence-corrected chi connectivity index (χ1v) is 13.4. The number of fused-ring (bicyclic) bond motifs is 1. The first-order chi connectivity index (χ1) is 15.8. The lowest BCUT2D eigenvalue weighted by atomic mass is 9.86. The van der Waals surface area contributed by atoms with E-state index in [1.807, 2.05) is 0 Å². The van der Waals surface area contributed by atoms with Crippen LogP contribution < -0.4 is 20.5 Å². The maximum absolute atomic E-state index is 13.1. The summed E-state index contributed by atoms with van der Waals surface area (Å²) >= 11 is 0. The first kappa shape index (κ1) is 24.0. The van der Waals surface area contributed by atoms with Crippen molar-refractivity contribution in [3.63, 3.8) is 0 Å². The van der Waals surface area contributed by atoms with Crippen molar-refractivity contribution >= 4 is 21.8 Å². The van der Waals surface area contributed by atoms with Gasteiger partial charge < -0.3 is 20.7 Å². The standard InChI is InChI=1S/C23H34N4O5S/c24-18-6-4-16(5-7-18)14-25-22(28)15-27-11-2-1-3-20(23(27)29)26-33(30,31)19-8-9-21-17(13-19)10-12-32-21/h8-9,13,16,18,20,26H,1-7,10-12,14-15,24H2,(H,25,28)/t16?,18?,20-/m0/s1. The van der Waals surface area contributed by atoms with E-state index < -0.39 is 16.1 Å². The molecule has 9 nitrogen and oxygen atoms in total.